The van der Waals surface area contributed by atoms with E-state index in [9.17, 15) is 22.8 Å². The number of hydrogen-bond acceptors (Lipinski definition) is 4. The third kappa shape index (κ3) is 6.40. The van der Waals surface area contributed by atoms with Gasteiger partial charge in [-0.3, -0.25) is 14.7 Å². The molecule has 1 aromatic heterocycles. The van der Waals surface area contributed by atoms with Gasteiger partial charge in [0.15, 0.2) is 0 Å². The summed E-state index contributed by atoms with van der Waals surface area (Å²) in [5.74, 6) is -0.0409. The SMILES string of the molecule is Cc1ccc2cc(OCc3c(Cl)ccc(N(C)C(=O)CN(C(N)=O)c4ccc(C(F)(F)F)cc4)c3Cl)ccc2n1. The minimum absolute atomic E-state index is 0.00268. The first-order chi connectivity index (χ1) is 18.8. The largest absolute Gasteiger partial charge is 0.489 e. The van der Waals surface area contributed by atoms with Crippen molar-refractivity contribution < 1.29 is 27.5 Å². The quantitative estimate of drug-likeness (QED) is 0.251. The lowest BCUT2D eigenvalue weighted by molar-refractivity contribution is -0.137. The number of likely N-dealkylation sites (N-methyl/N-ethyl adjacent to an activating group) is 1. The van der Waals surface area contributed by atoms with Gasteiger partial charge in [-0.05, 0) is 67.6 Å². The number of halogens is 5. The smallest absolute Gasteiger partial charge is 0.416 e. The van der Waals surface area contributed by atoms with Crippen molar-refractivity contribution in [3.05, 3.63) is 93.6 Å². The fourth-order valence-corrected chi connectivity index (χ4v) is 4.54. The van der Waals surface area contributed by atoms with Crippen LogP contribution in [0.1, 0.15) is 16.8 Å². The molecule has 0 fully saturated rings. The number of carbonyl (C=O) groups excluding carboxylic acids is 2. The number of rotatable bonds is 7. The van der Waals surface area contributed by atoms with E-state index in [1.807, 2.05) is 31.2 Å². The first-order valence-corrected chi connectivity index (χ1v) is 12.6. The van der Waals surface area contributed by atoms with Crippen molar-refractivity contribution in [3.63, 3.8) is 0 Å². The Labute approximate surface area is 237 Å². The first kappa shape index (κ1) is 29.0. The molecule has 0 aliphatic heterocycles. The summed E-state index contributed by atoms with van der Waals surface area (Å²) in [5.41, 5.74) is 6.98. The Morgan fingerprint density at radius 1 is 1.00 bits per heavy atom. The second-order valence-corrected chi connectivity index (χ2v) is 9.66. The van der Waals surface area contributed by atoms with E-state index in [1.165, 1.54) is 18.0 Å². The zero-order valence-corrected chi connectivity index (χ0v) is 22.8. The molecular weight excluding hydrogens is 568 g/mol. The fourth-order valence-electron chi connectivity index (χ4n) is 3.93. The van der Waals surface area contributed by atoms with E-state index >= 15 is 0 Å². The number of primary amides is 1. The van der Waals surface area contributed by atoms with E-state index in [0.717, 1.165) is 45.8 Å². The number of aryl methyl sites for hydroxylation is 1. The highest BCUT2D eigenvalue weighted by Crippen LogP contribution is 2.35. The monoisotopic (exact) mass is 590 g/mol. The molecule has 0 aliphatic rings. The Bertz CT molecular complexity index is 1580. The highest BCUT2D eigenvalue weighted by atomic mass is 35.5. The molecule has 0 spiro atoms. The number of fused-ring (bicyclic) bond motifs is 1. The van der Waals surface area contributed by atoms with Gasteiger partial charge in [0.2, 0.25) is 5.91 Å². The van der Waals surface area contributed by atoms with Crippen LogP contribution in [0.15, 0.2) is 66.7 Å². The number of hydrogen-bond donors (Lipinski definition) is 1. The molecule has 2 N–H and O–H groups in total. The summed E-state index contributed by atoms with van der Waals surface area (Å²) in [5, 5.41) is 1.37. The van der Waals surface area contributed by atoms with Gasteiger partial charge >= 0.3 is 12.2 Å². The number of aromatic nitrogens is 1. The predicted molar refractivity (Wildman–Crippen MR) is 149 cm³/mol. The standard InChI is InChI=1S/C28H23Cl2F3N4O3/c1-16-3-4-17-13-20(9-11-23(17)35-16)40-15-21-22(29)10-12-24(26(21)30)36(2)25(38)14-37(27(34)39)19-7-5-18(6-8-19)28(31,32)33/h3-13H,14-15H2,1-2H3,(H2,34,39). The molecule has 0 atom stereocenters. The van der Waals surface area contributed by atoms with Crippen LogP contribution < -0.4 is 20.3 Å². The van der Waals surface area contributed by atoms with Crippen LogP contribution in [-0.4, -0.2) is 30.5 Å². The minimum Gasteiger partial charge on any atom is -0.489 e. The second-order valence-electron chi connectivity index (χ2n) is 8.88. The normalized spacial score (nSPS) is 11.4. The Kier molecular flexibility index (Phi) is 8.41. The van der Waals surface area contributed by atoms with Crippen molar-refractivity contribution in [2.24, 2.45) is 5.73 Å². The number of alkyl halides is 3. The van der Waals surface area contributed by atoms with Crippen LogP contribution >= 0.6 is 23.2 Å². The van der Waals surface area contributed by atoms with Crippen LogP contribution in [0.25, 0.3) is 10.9 Å². The van der Waals surface area contributed by atoms with Gasteiger partial charge < -0.3 is 15.4 Å². The van der Waals surface area contributed by atoms with Crippen molar-refractivity contribution in [3.8, 4) is 5.75 Å². The van der Waals surface area contributed by atoms with E-state index in [0.29, 0.717) is 16.3 Å². The molecule has 4 aromatic rings. The van der Waals surface area contributed by atoms with Gasteiger partial charge in [0.05, 0.1) is 21.8 Å². The molecule has 0 saturated heterocycles. The summed E-state index contributed by atoms with van der Waals surface area (Å²) in [6.07, 6.45) is -4.55. The topological polar surface area (TPSA) is 88.8 Å². The average molecular weight is 591 g/mol. The third-order valence-corrected chi connectivity index (χ3v) is 6.93. The number of urea groups is 1. The zero-order chi connectivity index (χ0) is 29.2. The van der Waals surface area contributed by atoms with Crippen molar-refractivity contribution in [2.75, 3.05) is 23.4 Å². The molecule has 4 rings (SSSR count). The molecule has 12 heteroatoms. The second kappa shape index (κ2) is 11.6. The van der Waals surface area contributed by atoms with Gasteiger partial charge in [-0.1, -0.05) is 29.3 Å². The van der Waals surface area contributed by atoms with Crippen LogP contribution in [-0.2, 0) is 17.6 Å². The van der Waals surface area contributed by atoms with E-state index < -0.39 is 30.2 Å². The van der Waals surface area contributed by atoms with Crippen LogP contribution in [0.4, 0.5) is 29.3 Å². The van der Waals surface area contributed by atoms with Crippen molar-refractivity contribution in [1.82, 2.24) is 4.98 Å². The number of carbonyl (C=O) groups is 2. The Hall–Kier alpha value is -4.02. The Balaban J connectivity index is 1.51. The maximum atomic E-state index is 13.1. The van der Waals surface area contributed by atoms with Gasteiger partial charge in [-0.25, -0.2) is 4.79 Å². The molecule has 1 heterocycles. The first-order valence-electron chi connectivity index (χ1n) is 11.8. The average Bonchev–Trinajstić information content (AvgIpc) is 2.90. The third-order valence-electron chi connectivity index (χ3n) is 6.15. The zero-order valence-electron chi connectivity index (χ0n) is 21.3. The number of benzene rings is 3. The summed E-state index contributed by atoms with van der Waals surface area (Å²) in [6, 6.07) is 15.1. The number of anilines is 2. The molecule has 40 heavy (non-hydrogen) atoms. The number of ether oxygens (including phenoxy) is 1. The summed E-state index contributed by atoms with van der Waals surface area (Å²) >= 11 is 13.0. The van der Waals surface area contributed by atoms with Crippen molar-refractivity contribution >= 4 is 57.4 Å². The highest BCUT2D eigenvalue weighted by molar-refractivity contribution is 6.38. The Morgan fingerprint density at radius 2 is 1.70 bits per heavy atom. The van der Waals surface area contributed by atoms with E-state index in [1.54, 1.807) is 12.1 Å². The molecule has 0 radical (unpaired) electrons. The van der Waals surface area contributed by atoms with Crippen LogP contribution in [0.3, 0.4) is 0 Å². The molecule has 0 aliphatic carbocycles. The highest BCUT2D eigenvalue weighted by Gasteiger charge is 2.31. The van der Waals surface area contributed by atoms with Gasteiger partial charge in [0, 0.05) is 34.4 Å². The molecule has 3 amide bonds. The molecule has 0 bridgehead atoms. The van der Waals surface area contributed by atoms with E-state index in [2.05, 4.69) is 4.98 Å². The maximum Gasteiger partial charge on any atom is 0.416 e. The van der Waals surface area contributed by atoms with Crippen LogP contribution in [0.5, 0.6) is 5.75 Å². The predicted octanol–water partition coefficient (Wildman–Crippen LogP) is 7.00. The van der Waals surface area contributed by atoms with Crippen molar-refractivity contribution in [1.29, 1.82) is 0 Å². The number of amides is 3. The van der Waals surface area contributed by atoms with Crippen LogP contribution in [0, 0.1) is 6.92 Å². The molecule has 3 aromatic carbocycles. The maximum absolute atomic E-state index is 13.1. The lowest BCUT2D eigenvalue weighted by atomic mass is 10.1. The van der Waals surface area contributed by atoms with E-state index in [4.69, 9.17) is 33.7 Å². The summed E-state index contributed by atoms with van der Waals surface area (Å²) in [4.78, 5) is 31.7. The van der Waals surface area contributed by atoms with Gasteiger partial charge in [-0.15, -0.1) is 0 Å². The summed E-state index contributed by atoms with van der Waals surface area (Å²) in [6.45, 7) is 1.35. The lowest BCUT2D eigenvalue weighted by Crippen LogP contribution is -2.44. The van der Waals surface area contributed by atoms with Crippen molar-refractivity contribution in [2.45, 2.75) is 19.7 Å². The fraction of sp³-hybridized carbons (Fsp3) is 0.179. The summed E-state index contributed by atoms with van der Waals surface area (Å²) < 4.78 is 44.7. The summed E-state index contributed by atoms with van der Waals surface area (Å²) in [7, 11) is 1.44. The lowest BCUT2D eigenvalue weighted by Gasteiger charge is -2.25. The molecule has 0 unspecified atom stereocenters. The van der Waals surface area contributed by atoms with Gasteiger partial charge in [0.1, 0.15) is 18.9 Å². The molecular formula is C28H23Cl2F3N4O3. The minimum atomic E-state index is -4.55. The van der Waals surface area contributed by atoms with Gasteiger partial charge in [0.25, 0.3) is 0 Å². The number of nitrogens with zero attached hydrogens (tertiary/aromatic N) is 3. The number of nitrogens with two attached hydrogens (primary N) is 1. The van der Waals surface area contributed by atoms with E-state index in [-0.39, 0.29) is 23.0 Å². The van der Waals surface area contributed by atoms with Gasteiger partial charge in [-0.2, -0.15) is 13.2 Å². The number of pyridine rings is 1. The van der Waals surface area contributed by atoms with Crippen LogP contribution in [0.2, 0.25) is 10.0 Å². The Morgan fingerprint density at radius 3 is 2.35 bits per heavy atom. The molecule has 0 saturated carbocycles. The molecule has 208 valence electrons. The molecule has 7 nitrogen and oxygen atoms in total.